The van der Waals surface area contributed by atoms with E-state index >= 15 is 0 Å². The highest BCUT2D eigenvalue weighted by atomic mass is 15.3. The normalized spacial score (nSPS) is 11.2. The molecule has 1 heterocycles. The number of rotatable bonds is 4. The maximum atomic E-state index is 8.99. The number of nitrogens with two attached hydrogens (primary N) is 1. The first-order valence-electron chi connectivity index (χ1n) is 6.30. The van der Waals surface area contributed by atoms with Gasteiger partial charge >= 0.3 is 0 Å². The first kappa shape index (κ1) is 13.2. The molecule has 0 amide bonds. The number of hydrogen-bond acceptors (Lipinski definition) is 3. The molecule has 2 rings (SSSR count). The van der Waals surface area contributed by atoms with E-state index in [1.54, 1.807) is 0 Å². The Morgan fingerprint density at radius 2 is 2.16 bits per heavy atom. The van der Waals surface area contributed by atoms with Crippen LogP contribution in [0.1, 0.15) is 20.3 Å². The van der Waals surface area contributed by atoms with Crippen LogP contribution in [0.4, 0.5) is 5.69 Å². The Labute approximate surface area is 113 Å². The fraction of sp³-hybridized carbons (Fsp3) is 0.333. The predicted octanol–water partition coefficient (Wildman–Crippen LogP) is 3.07. The lowest BCUT2D eigenvalue weighted by atomic mass is 9.92. The van der Waals surface area contributed by atoms with Gasteiger partial charge in [0.25, 0.3) is 0 Å². The Morgan fingerprint density at radius 3 is 2.84 bits per heavy atom. The molecule has 98 valence electrons. The average Bonchev–Trinajstić information content (AvgIpc) is 2.85. The van der Waals surface area contributed by atoms with Crippen molar-refractivity contribution in [2.45, 2.75) is 26.8 Å². The standard InChI is InChI=1S/C15H18N4/c1-15(2,11-16)6-7-19-10-13(9-18-19)12-4-3-5-14(17)8-12/h3-5,8-10H,6-7,17H2,1-2H3. The van der Waals surface area contributed by atoms with Crippen LogP contribution in [-0.4, -0.2) is 9.78 Å². The van der Waals surface area contributed by atoms with Crippen LogP contribution in [0.25, 0.3) is 11.1 Å². The van der Waals surface area contributed by atoms with E-state index < -0.39 is 0 Å². The molecule has 0 saturated carbocycles. The summed E-state index contributed by atoms with van der Waals surface area (Å²) < 4.78 is 1.87. The zero-order valence-corrected chi connectivity index (χ0v) is 11.3. The Balaban J connectivity index is 2.10. The van der Waals surface area contributed by atoms with Gasteiger partial charge in [0.05, 0.1) is 17.7 Å². The molecule has 0 unspecified atom stereocenters. The molecule has 4 nitrogen and oxygen atoms in total. The second kappa shape index (κ2) is 5.15. The molecule has 2 N–H and O–H groups in total. The minimum atomic E-state index is -0.316. The molecule has 1 aromatic carbocycles. The van der Waals surface area contributed by atoms with E-state index in [1.165, 1.54) is 0 Å². The van der Waals surface area contributed by atoms with Gasteiger partial charge in [-0.1, -0.05) is 12.1 Å². The van der Waals surface area contributed by atoms with E-state index in [2.05, 4.69) is 11.2 Å². The quantitative estimate of drug-likeness (QED) is 0.852. The molecule has 0 atom stereocenters. The molecule has 4 heteroatoms. The number of nitrogens with zero attached hydrogens (tertiary/aromatic N) is 3. The number of nitrogen functional groups attached to an aromatic ring is 1. The van der Waals surface area contributed by atoms with Crippen molar-refractivity contribution in [3.05, 3.63) is 36.7 Å². The molecule has 0 fully saturated rings. The van der Waals surface area contributed by atoms with Crippen LogP contribution in [0.5, 0.6) is 0 Å². The number of nitriles is 1. The number of hydrogen-bond donors (Lipinski definition) is 1. The molecule has 0 spiro atoms. The predicted molar refractivity (Wildman–Crippen MR) is 76.1 cm³/mol. The maximum Gasteiger partial charge on any atom is 0.0684 e. The van der Waals surface area contributed by atoms with Crippen molar-refractivity contribution >= 4 is 5.69 Å². The SMILES string of the molecule is CC(C)(C#N)CCn1cc(-c2cccc(N)c2)cn1. The van der Waals surface area contributed by atoms with Gasteiger partial charge in [0, 0.05) is 24.0 Å². The van der Waals surface area contributed by atoms with Crippen molar-refractivity contribution < 1.29 is 0 Å². The molecule has 19 heavy (non-hydrogen) atoms. The second-order valence-corrected chi connectivity index (χ2v) is 5.36. The zero-order valence-electron chi connectivity index (χ0n) is 11.3. The third-order valence-corrected chi connectivity index (χ3v) is 3.12. The van der Waals surface area contributed by atoms with Crippen LogP contribution < -0.4 is 5.73 Å². The van der Waals surface area contributed by atoms with Gasteiger partial charge in [0.2, 0.25) is 0 Å². The van der Waals surface area contributed by atoms with Crippen LogP contribution in [0.15, 0.2) is 36.7 Å². The fourth-order valence-corrected chi connectivity index (χ4v) is 1.80. The van der Waals surface area contributed by atoms with E-state index in [-0.39, 0.29) is 5.41 Å². The van der Waals surface area contributed by atoms with Crippen molar-refractivity contribution in [3.8, 4) is 17.2 Å². The van der Waals surface area contributed by atoms with Gasteiger partial charge in [-0.05, 0) is 38.0 Å². The van der Waals surface area contributed by atoms with Crippen LogP contribution in [0.3, 0.4) is 0 Å². The molecule has 0 aliphatic carbocycles. The lowest BCUT2D eigenvalue weighted by Crippen LogP contribution is -2.12. The maximum absolute atomic E-state index is 8.99. The van der Waals surface area contributed by atoms with Crippen LogP contribution in [0.2, 0.25) is 0 Å². The van der Waals surface area contributed by atoms with Gasteiger partial charge in [-0.15, -0.1) is 0 Å². The van der Waals surface area contributed by atoms with Crippen molar-refractivity contribution in [3.63, 3.8) is 0 Å². The zero-order chi connectivity index (χ0) is 13.9. The number of aromatic nitrogens is 2. The highest BCUT2D eigenvalue weighted by Crippen LogP contribution is 2.22. The summed E-state index contributed by atoms with van der Waals surface area (Å²) in [6, 6.07) is 10.0. The van der Waals surface area contributed by atoms with Gasteiger partial charge < -0.3 is 5.73 Å². The molecule has 0 bridgehead atoms. The van der Waals surface area contributed by atoms with Crippen molar-refractivity contribution in [1.29, 1.82) is 5.26 Å². The third kappa shape index (κ3) is 3.35. The fourth-order valence-electron chi connectivity index (χ4n) is 1.80. The lowest BCUT2D eigenvalue weighted by Gasteiger charge is -2.14. The minimum absolute atomic E-state index is 0.316. The number of anilines is 1. The Kier molecular flexibility index (Phi) is 3.57. The Bertz CT molecular complexity index is 605. The lowest BCUT2D eigenvalue weighted by molar-refractivity contribution is 0.399. The average molecular weight is 254 g/mol. The highest BCUT2D eigenvalue weighted by molar-refractivity contribution is 5.65. The van der Waals surface area contributed by atoms with Crippen molar-refractivity contribution in [1.82, 2.24) is 9.78 Å². The van der Waals surface area contributed by atoms with Gasteiger partial charge in [0.15, 0.2) is 0 Å². The van der Waals surface area contributed by atoms with E-state index in [1.807, 2.05) is 55.2 Å². The molecular formula is C15H18N4. The molecule has 1 aromatic heterocycles. The highest BCUT2D eigenvalue weighted by Gasteiger charge is 2.16. The van der Waals surface area contributed by atoms with Crippen molar-refractivity contribution in [2.75, 3.05) is 5.73 Å². The minimum Gasteiger partial charge on any atom is -0.399 e. The van der Waals surface area contributed by atoms with Gasteiger partial charge in [-0.25, -0.2) is 0 Å². The van der Waals surface area contributed by atoms with E-state index in [0.717, 1.165) is 29.8 Å². The summed E-state index contributed by atoms with van der Waals surface area (Å²) in [7, 11) is 0. The third-order valence-electron chi connectivity index (χ3n) is 3.12. The van der Waals surface area contributed by atoms with Crippen LogP contribution in [0, 0.1) is 16.7 Å². The largest absolute Gasteiger partial charge is 0.399 e. The van der Waals surface area contributed by atoms with Crippen LogP contribution in [-0.2, 0) is 6.54 Å². The summed E-state index contributed by atoms with van der Waals surface area (Å²) in [5, 5.41) is 13.3. The molecule has 0 saturated heterocycles. The number of aryl methyl sites for hydroxylation is 1. The molecule has 0 aliphatic heterocycles. The first-order chi connectivity index (χ1) is 9.00. The topological polar surface area (TPSA) is 67.6 Å². The first-order valence-corrected chi connectivity index (χ1v) is 6.30. The summed E-state index contributed by atoms with van der Waals surface area (Å²) in [5.74, 6) is 0. The second-order valence-electron chi connectivity index (χ2n) is 5.36. The van der Waals surface area contributed by atoms with E-state index in [4.69, 9.17) is 11.0 Å². The molecular weight excluding hydrogens is 236 g/mol. The van der Waals surface area contributed by atoms with E-state index in [9.17, 15) is 0 Å². The summed E-state index contributed by atoms with van der Waals surface area (Å²) in [6.45, 7) is 4.62. The monoisotopic (exact) mass is 254 g/mol. The summed E-state index contributed by atoms with van der Waals surface area (Å²) >= 11 is 0. The molecule has 0 radical (unpaired) electrons. The summed E-state index contributed by atoms with van der Waals surface area (Å²) in [6.07, 6.45) is 4.60. The smallest absolute Gasteiger partial charge is 0.0684 e. The summed E-state index contributed by atoms with van der Waals surface area (Å²) in [5.41, 5.74) is 8.31. The molecule has 2 aromatic rings. The Morgan fingerprint density at radius 1 is 1.37 bits per heavy atom. The summed E-state index contributed by atoms with van der Waals surface area (Å²) in [4.78, 5) is 0. The number of benzene rings is 1. The van der Waals surface area contributed by atoms with Gasteiger partial charge in [-0.2, -0.15) is 10.4 Å². The van der Waals surface area contributed by atoms with E-state index in [0.29, 0.717) is 0 Å². The van der Waals surface area contributed by atoms with Gasteiger partial charge in [0.1, 0.15) is 0 Å². The van der Waals surface area contributed by atoms with Crippen LogP contribution >= 0.6 is 0 Å². The van der Waals surface area contributed by atoms with Gasteiger partial charge in [-0.3, -0.25) is 4.68 Å². The van der Waals surface area contributed by atoms with Crippen molar-refractivity contribution in [2.24, 2.45) is 5.41 Å². The molecule has 0 aliphatic rings. The Hall–Kier alpha value is -2.28.